The number of para-hydroxylation sites is 1. The number of unbranched alkanes of at least 4 members (excludes halogenated alkanes) is 2. The minimum Gasteiger partial charge on any atom is -0.446 e. The number of rotatable bonds is 28. The number of fused-ring (bicyclic) bond motifs is 2. The number of carbonyl (C=O) groups is 5. The van der Waals surface area contributed by atoms with Crippen LogP contribution in [0, 0.1) is 11.2 Å². The van der Waals surface area contributed by atoms with Crippen LogP contribution in [0.2, 0.25) is 0 Å². The van der Waals surface area contributed by atoms with Gasteiger partial charge in [-0.15, -0.1) is 37.2 Å². The van der Waals surface area contributed by atoms with Gasteiger partial charge in [-0.05, 0) is 159 Å². The minimum atomic E-state index is -5.15. The number of hydrogen-bond donors (Lipinski definition) is 1. The molecule has 2 atom stereocenters. The van der Waals surface area contributed by atoms with Crippen LogP contribution in [-0.4, -0.2) is 189 Å². The number of piperidine rings is 2. The number of amides is 5. The standard InChI is InChI=1S/C80H97F7N8O8.3ClH/c1-76(2,3)54-94(40-16-8-11-24-71(96)90(5)46-47-92-41-33-66(34-42-92)103-75(100)88-69-23-15-13-21-67(69)58-18-9-7-10-19-58)52-57-25-27-59(28-26-57)73(98)91(6)39-17-38-89(4)72(97)53-101-70-50-60-20-12-14-22-68(60)77(70)35-43-93(44-36-77)45-37-78(62-29-31-65(81)32-30-62)55-95(56-102-78)74(99)61-48-63(79(82,83)84)51-64(49-61)80(85,86)87;;;/h7,9-10,12-15,18-23,25-32,48-49,51,66,70H,8,11,16-17,24,33-47,50,52-56H2,1-6H3,(H,88,100);3*1H/t70-,78+;;;/m0.../s1. The van der Waals surface area contributed by atoms with E-state index in [0.717, 1.165) is 98.5 Å². The Balaban J connectivity index is 0.00000523. The van der Waals surface area contributed by atoms with E-state index in [0.29, 0.717) is 100 Å². The lowest BCUT2D eigenvalue weighted by atomic mass is 9.72. The molecule has 0 unspecified atom stereocenters. The van der Waals surface area contributed by atoms with E-state index >= 15 is 0 Å². The van der Waals surface area contributed by atoms with Gasteiger partial charge in [-0.3, -0.25) is 29.4 Å². The first-order valence-electron chi connectivity index (χ1n) is 35.8. The molecule has 0 saturated carbocycles. The molecule has 0 aromatic heterocycles. The van der Waals surface area contributed by atoms with Crippen LogP contribution in [0.5, 0.6) is 0 Å². The van der Waals surface area contributed by atoms with Crippen LogP contribution in [0.4, 0.5) is 41.2 Å². The van der Waals surface area contributed by atoms with Crippen LogP contribution in [0.25, 0.3) is 11.1 Å². The number of nitrogens with zero attached hydrogens (tertiary/aromatic N) is 7. The zero-order valence-electron chi connectivity index (χ0n) is 61.2. The van der Waals surface area contributed by atoms with Gasteiger partial charge >= 0.3 is 18.4 Å². The zero-order chi connectivity index (χ0) is 73.7. The first-order valence-corrected chi connectivity index (χ1v) is 35.8. The second-order valence-electron chi connectivity index (χ2n) is 29.5. The number of hydrogen-bond acceptors (Lipinski definition) is 11. The number of carbonyl (C=O) groups excluding carboxylic acids is 5. The number of likely N-dealkylation sites (tertiary alicyclic amines) is 2. The monoisotopic (exact) mass is 1540 g/mol. The fourth-order valence-corrected chi connectivity index (χ4v) is 14.9. The summed E-state index contributed by atoms with van der Waals surface area (Å²) in [6.07, 6.45) is -3.85. The second kappa shape index (κ2) is 38.1. The summed E-state index contributed by atoms with van der Waals surface area (Å²) in [7, 11) is 5.37. The molecule has 1 aliphatic carbocycles. The first-order chi connectivity index (χ1) is 49.0. The van der Waals surface area contributed by atoms with Gasteiger partial charge in [-0.1, -0.05) is 124 Å². The van der Waals surface area contributed by atoms with E-state index in [1.54, 1.807) is 23.9 Å². The molecule has 3 fully saturated rings. The topological polar surface area (TPSA) is 148 Å². The Kier molecular flexibility index (Phi) is 30.9. The molecule has 1 N–H and O–H groups in total. The van der Waals surface area contributed by atoms with Crippen molar-refractivity contribution < 1.29 is 68.9 Å². The van der Waals surface area contributed by atoms with Gasteiger partial charge in [0.25, 0.3) is 11.8 Å². The van der Waals surface area contributed by atoms with E-state index in [1.165, 1.54) is 29.8 Å². The molecule has 0 bridgehead atoms. The molecule has 0 radical (unpaired) electrons. The van der Waals surface area contributed by atoms with Gasteiger partial charge in [-0.25, -0.2) is 9.18 Å². The van der Waals surface area contributed by atoms with Crippen molar-refractivity contribution in [1.29, 1.82) is 0 Å². The Labute approximate surface area is 636 Å². The Morgan fingerprint density at radius 3 is 1.91 bits per heavy atom. The summed E-state index contributed by atoms with van der Waals surface area (Å²) in [5.41, 5.74) is 1.50. The molecule has 6 aromatic rings. The van der Waals surface area contributed by atoms with Crippen LogP contribution in [0.3, 0.4) is 0 Å². The molecule has 106 heavy (non-hydrogen) atoms. The lowest BCUT2D eigenvalue weighted by Gasteiger charge is -2.44. The highest BCUT2D eigenvalue weighted by atomic mass is 35.5. The van der Waals surface area contributed by atoms with Gasteiger partial charge < -0.3 is 43.6 Å². The number of likely N-dealkylation sites (N-methyl/N-ethyl adjacent to an activating group) is 2. The zero-order valence-corrected chi connectivity index (χ0v) is 63.6. The van der Waals surface area contributed by atoms with Crippen LogP contribution >= 0.6 is 37.2 Å². The first kappa shape index (κ1) is 85.9. The lowest BCUT2D eigenvalue weighted by molar-refractivity contribution is -0.143. The Morgan fingerprint density at radius 1 is 0.632 bits per heavy atom. The average Bonchev–Trinajstić information content (AvgIpc) is 1.58. The quantitative estimate of drug-likeness (QED) is 0.0370. The second-order valence-corrected chi connectivity index (χ2v) is 29.5. The third kappa shape index (κ3) is 22.9. The maximum absolute atomic E-state index is 14.3. The SMILES string of the molecule is CN(CCN1CCC(OC(=O)Nc2ccccc2-c2ccccc2)CC1)C(=O)CCCCCN(Cc1ccc(C(=O)N(C)CCCN(C)C(=O)CO[C@H]2Cc3ccccc3C23CCN(CC[C@]2(c4ccc(F)cc4)CN(C(=O)c4cc(C(F)(F)F)cc(C(F)(F)F)c4)CO2)CC3)cc1)CC(C)(C)C.Cl.Cl.Cl. The number of nitrogens with one attached hydrogen (secondary N) is 1. The maximum atomic E-state index is 14.3. The summed E-state index contributed by atoms with van der Waals surface area (Å²) in [5.74, 6) is -1.77. The van der Waals surface area contributed by atoms with Crippen molar-refractivity contribution in [2.24, 2.45) is 5.41 Å². The molecule has 3 aliphatic heterocycles. The molecule has 10 rings (SSSR count). The highest BCUT2D eigenvalue weighted by molar-refractivity contribution is 5.95. The molecule has 3 heterocycles. The van der Waals surface area contributed by atoms with Crippen molar-refractivity contribution in [2.75, 3.05) is 118 Å². The fraction of sp³-hybridized carbons (Fsp3) is 0.487. The van der Waals surface area contributed by atoms with Gasteiger partial charge in [-0.2, -0.15) is 26.3 Å². The molecule has 4 aliphatic rings. The van der Waals surface area contributed by atoms with E-state index in [9.17, 15) is 54.7 Å². The van der Waals surface area contributed by atoms with Crippen molar-refractivity contribution in [3.63, 3.8) is 0 Å². The van der Waals surface area contributed by atoms with Gasteiger partial charge in [0.05, 0.1) is 29.5 Å². The number of benzene rings is 6. The Morgan fingerprint density at radius 2 is 1.25 bits per heavy atom. The molecule has 26 heteroatoms. The summed E-state index contributed by atoms with van der Waals surface area (Å²) in [4.78, 5) is 80.6. The van der Waals surface area contributed by atoms with E-state index < -0.39 is 64.6 Å². The average molecular weight is 1540 g/mol. The van der Waals surface area contributed by atoms with Gasteiger partial charge in [0.2, 0.25) is 11.8 Å². The maximum Gasteiger partial charge on any atom is 0.416 e. The van der Waals surface area contributed by atoms with Crippen LogP contribution in [0.15, 0.2) is 146 Å². The van der Waals surface area contributed by atoms with E-state index in [1.807, 2.05) is 103 Å². The largest absolute Gasteiger partial charge is 0.446 e. The van der Waals surface area contributed by atoms with Crippen molar-refractivity contribution in [2.45, 2.75) is 134 Å². The summed E-state index contributed by atoms with van der Waals surface area (Å²) >= 11 is 0. The van der Waals surface area contributed by atoms with Gasteiger partial charge in [0, 0.05) is 109 Å². The molecule has 3 saturated heterocycles. The predicted octanol–water partition coefficient (Wildman–Crippen LogP) is 15.7. The number of halogens is 10. The van der Waals surface area contributed by atoms with Crippen LogP contribution < -0.4 is 5.32 Å². The molecular formula is C80H100Cl3F7N8O8. The van der Waals surface area contributed by atoms with Crippen molar-refractivity contribution in [3.05, 3.63) is 196 Å². The lowest BCUT2D eigenvalue weighted by Crippen LogP contribution is -2.50. The number of alkyl halides is 6. The van der Waals surface area contributed by atoms with Crippen LogP contribution in [-0.2, 0) is 60.1 Å². The molecule has 6 aromatic carbocycles. The Bertz CT molecular complexity index is 3830. The highest BCUT2D eigenvalue weighted by Crippen LogP contribution is 2.49. The number of ether oxygens (including phenoxy) is 3. The summed E-state index contributed by atoms with van der Waals surface area (Å²) in [6.45, 7) is 13.8. The van der Waals surface area contributed by atoms with Crippen molar-refractivity contribution >= 4 is 72.6 Å². The van der Waals surface area contributed by atoms with E-state index in [-0.39, 0.29) is 98.2 Å². The predicted molar refractivity (Wildman–Crippen MR) is 403 cm³/mol. The summed E-state index contributed by atoms with van der Waals surface area (Å²) in [6, 6.07) is 39.8. The summed E-state index contributed by atoms with van der Waals surface area (Å²) < 4.78 is 116. The molecular weight excluding hydrogens is 1440 g/mol. The van der Waals surface area contributed by atoms with Crippen LogP contribution in [0.1, 0.15) is 139 Å². The molecule has 578 valence electrons. The molecule has 1 spiro atoms. The summed E-state index contributed by atoms with van der Waals surface area (Å²) in [5, 5.41) is 2.94. The number of anilines is 1. The molecule has 5 amide bonds. The van der Waals surface area contributed by atoms with Gasteiger partial charge in [0.15, 0.2) is 0 Å². The minimum absolute atomic E-state index is 0. The third-order valence-electron chi connectivity index (χ3n) is 20.7. The normalized spacial score (nSPS) is 17.6. The van der Waals surface area contributed by atoms with E-state index in [2.05, 4.69) is 52.9 Å². The smallest absolute Gasteiger partial charge is 0.416 e. The third-order valence-corrected chi connectivity index (χ3v) is 20.7. The molecule has 16 nitrogen and oxygen atoms in total. The van der Waals surface area contributed by atoms with Gasteiger partial charge in [0.1, 0.15) is 30.9 Å². The fourth-order valence-electron chi connectivity index (χ4n) is 14.9. The van der Waals surface area contributed by atoms with E-state index in [4.69, 9.17) is 14.2 Å². The van der Waals surface area contributed by atoms with Crippen molar-refractivity contribution in [3.8, 4) is 11.1 Å². The highest BCUT2D eigenvalue weighted by Gasteiger charge is 2.50. The van der Waals surface area contributed by atoms with Crippen molar-refractivity contribution in [1.82, 2.24) is 34.3 Å². The Hall–Kier alpha value is -7.35.